The van der Waals surface area contributed by atoms with E-state index in [0.29, 0.717) is 12.2 Å². The number of ether oxygens (including phenoxy) is 1. The maximum absolute atomic E-state index is 12.1. The van der Waals surface area contributed by atoms with Gasteiger partial charge in [-0.1, -0.05) is 23.9 Å². The van der Waals surface area contributed by atoms with Crippen molar-refractivity contribution in [2.45, 2.75) is 17.2 Å². The van der Waals surface area contributed by atoms with Crippen LogP contribution in [0.3, 0.4) is 0 Å². The molecule has 0 saturated heterocycles. The number of fused-ring (bicyclic) bond motifs is 1. The smallest absolute Gasteiger partial charge is 0.253 e. The van der Waals surface area contributed by atoms with Crippen LogP contribution in [0.1, 0.15) is 28.2 Å². The second-order valence-corrected chi connectivity index (χ2v) is 5.80. The van der Waals surface area contributed by atoms with Gasteiger partial charge in [-0.25, -0.2) is 0 Å². The van der Waals surface area contributed by atoms with Crippen molar-refractivity contribution < 1.29 is 35.7 Å². The SMILES string of the molecule is CCOc1ccc(C2NC(=O)c3cc(O)ccc3S2)cc1.[W]. The van der Waals surface area contributed by atoms with Gasteiger partial charge in [-0.15, -0.1) is 0 Å². The number of carbonyl (C=O) groups is 1. The molecule has 1 heterocycles. The van der Waals surface area contributed by atoms with Gasteiger partial charge in [0.2, 0.25) is 0 Å². The second kappa shape index (κ2) is 7.21. The molecule has 0 fully saturated rings. The first-order valence-electron chi connectivity index (χ1n) is 6.70. The van der Waals surface area contributed by atoms with E-state index in [1.807, 2.05) is 31.2 Å². The van der Waals surface area contributed by atoms with Gasteiger partial charge in [0, 0.05) is 26.0 Å². The summed E-state index contributed by atoms with van der Waals surface area (Å²) in [6.07, 6.45) is 0. The van der Waals surface area contributed by atoms with Crippen LogP contribution in [0.4, 0.5) is 0 Å². The van der Waals surface area contributed by atoms with E-state index < -0.39 is 0 Å². The Morgan fingerprint density at radius 3 is 2.64 bits per heavy atom. The number of carbonyl (C=O) groups excluding carboxylic acids is 1. The van der Waals surface area contributed by atoms with Crippen LogP contribution in [0.5, 0.6) is 11.5 Å². The second-order valence-electron chi connectivity index (χ2n) is 4.65. The Labute approximate surface area is 147 Å². The Balaban J connectivity index is 0.00000176. The summed E-state index contributed by atoms with van der Waals surface area (Å²) in [4.78, 5) is 13.0. The normalized spacial score (nSPS) is 16.2. The number of benzene rings is 2. The molecular weight excluding hydrogens is 470 g/mol. The van der Waals surface area contributed by atoms with Gasteiger partial charge < -0.3 is 15.2 Å². The minimum Gasteiger partial charge on any atom is -0.508 e. The first kappa shape index (κ1) is 16.9. The molecule has 2 aromatic carbocycles. The molecule has 114 valence electrons. The molecule has 1 aliphatic rings. The molecule has 22 heavy (non-hydrogen) atoms. The zero-order valence-corrected chi connectivity index (χ0v) is 15.7. The number of phenolic OH excluding ortho intramolecular Hbond substituents is 1. The maximum atomic E-state index is 12.1. The molecule has 3 rings (SSSR count). The van der Waals surface area contributed by atoms with E-state index in [-0.39, 0.29) is 38.1 Å². The fourth-order valence-corrected chi connectivity index (χ4v) is 3.35. The van der Waals surface area contributed by atoms with Crippen molar-refractivity contribution in [1.29, 1.82) is 0 Å². The molecule has 1 aliphatic heterocycles. The average molecular weight is 485 g/mol. The van der Waals surface area contributed by atoms with Crippen LogP contribution in [0, 0.1) is 0 Å². The van der Waals surface area contributed by atoms with Crippen molar-refractivity contribution in [2.24, 2.45) is 0 Å². The maximum Gasteiger partial charge on any atom is 0.253 e. The molecule has 4 nitrogen and oxygen atoms in total. The molecule has 0 radical (unpaired) electrons. The van der Waals surface area contributed by atoms with E-state index in [4.69, 9.17) is 4.74 Å². The molecule has 0 spiro atoms. The summed E-state index contributed by atoms with van der Waals surface area (Å²) in [5, 5.41) is 12.3. The van der Waals surface area contributed by atoms with Gasteiger partial charge in [-0.05, 0) is 42.8 Å². The van der Waals surface area contributed by atoms with Crippen LogP contribution in [0.25, 0.3) is 0 Å². The molecule has 6 heteroatoms. The number of aromatic hydroxyl groups is 1. The van der Waals surface area contributed by atoms with Gasteiger partial charge in [0.15, 0.2) is 0 Å². The third-order valence-electron chi connectivity index (χ3n) is 3.21. The molecule has 1 amide bonds. The quantitative estimate of drug-likeness (QED) is 0.701. The van der Waals surface area contributed by atoms with E-state index in [2.05, 4.69) is 5.32 Å². The summed E-state index contributed by atoms with van der Waals surface area (Å²) in [5.41, 5.74) is 1.53. The molecule has 1 atom stereocenters. The minimum atomic E-state index is -0.168. The van der Waals surface area contributed by atoms with Crippen molar-refractivity contribution >= 4 is 17.7 Å². The summed E-state index contributed by atoms with van der Waals surface area (Å²) < 4.78 is 5.42. The Kier molecular flexibility index (Phi) is 5.54. The van der Waals surface area contributed by atoms with Gasteiger partial charge in [-0.3, -0.25) is 4.79 Å². The van der Waals surface area contributed by atoms with Crippen molar-refractivity contribution in [3.05, 3.63) is 53.6 Å². The van der Waals surface area contributed by atoms with E-state index >= 15 is 0 Å². The molecular formula is C16H15NO3SW. The standard InChI is InChI=1S/C16H15NO3S.W/c1-2-20-12-6-3-10(4-7-12)16-17-15(19)13-9-11(18)5-8-14(13)21-16;/h3-9,16,18H,2H2,1H3,(H,17,19);. The summed E-state index contributed by atoms with van der Waals surface area (Å²) >= 11 is 1.56. The third kappa shape index (κ3) is 3.47. The molecule has 0 aromatic heterocycles. The molecule has 2 aromatic rings. The van der Waals surface area contributed by atoms with Crippen LogP contribution >= 0.6 is 11.8 Å². The zero-order chi connectivity index (χ0) is 14.8. The van der Waals surface area contributed by atoms with Crippen molar-refractivity contribution in [2.75, 3.05) is 6.61 Å². The minimum absolute atomic E-state index is 0. The summed E-state index contributed by atoms with van der Waals surface area (Å²) in [7, 11) is 0. The number of nitrogens with one attached hydrogen (secondary N) is 1. The molecule has 0 aliphatic carbocycles. The van der Waals surface area contributed by atoms with E-state index in [0.717, 1.165) is 16.2 Å². The molecule has 2 N–H and O–H groups in total. The fourth-order valence-electron chi connectivity index (χ4n) is 2.21. The van der Waals surface area contributed by atoms with E-state index in [1.165, 1.54) is 6.07 Å². The Morgan fingerprint density at radius 2 is 1.95 bits per heavy atom. The van der Waals surface area contributed by atoms with Crippen molar-refractivity contribution in [3.63, 3.8) is 0 Å². The molecule has 1 unspecified atom stereocenters. The first-order chi connectivity index (χ1) is 10.2. The molecule has 0 saturated carbocycles. The zero-order valence-electron chi connectivity index (χ0n) is 11.9. The predicted molar refractivity (Wildman–Crippen MR) is 81.8 cm³/mol. The third-order valence-corrected chi connectivity index (χ3v) is 4.44. The van der Waals surface area contributed by atoms with Crippen LogP contribution in [-0.4, -0.2) is 17.6 Å². The van der Waals surface area contributed by atoms with Crippen LogP contribution in [-0.2, 0) is 21.1 Å². The largest absolute Gasteiger partial charge is 0.508 e. The Hall–Kier alpha value is -1.45. The van der Waals surface area contributed by atoms with Crippen LogP contribution in [0.2, 0.25) is 0 Å². The number of phenols is 1. The Morgan fingerprint density at radius 1 is 1.23 bits per heavy atom. The van der Waals surface area contributed by atoms with Crippen LogP contribution < -0.4 is 10.1 Å². The topological polar surface area (TPSA) is 58.6 Å². The fraction of sp³-hybridized carbons (Fsp3) is 0.188. The number of hydrogen-bond acceptors (Lipinski definition) is 4. The summed E-state index contributed by atoms with van der Waals surface area (Å²) in [5.74, 6) is 0.751. The number of hydrogen-bond donors (Lipinski definition) is 2. The van der Waals surface area contributed by atoms with E-state index in [9.17, 15) is 9.90 Å². The first-order valence-corrected chi connectivity index (χ1v) is 7.58. The van der Waals surface area contributed by atoms with Gasteiger partial charge in [0.25, 0.3) is 5.91 Å². The summed E-state index contributed by atoms with van der Waals surface area (Å²) in [6.45, 7) is 2.57. The van der Waals surface area contributed by atoms with Crippen molar-refractivity contribution in [3.8, 4) is 11.5 Å². The van der Waals surface area contributed by atoms with Gasteiger partial charge in [0.05, 0.1) is 12.2 Å². The predicted octanol–water partition coefficient (Wildman–Crippen LogP) is 3.32. The monoisotopic (exact) mass is 485 g/mol. The Bertz CT molecular complexity index is 676. The summed E-state index contributed by atoms with van der Waals surface area (Å²) in [6, 6.07) is 12.6. The van der Waals surface area contributed by atoms with Crippen molar-refractivity contribution in [1.82, 2.24) is 5.32 Å². The molecule has 0 bridgehead atoms. The number of thioether (sulfide) groups is 1. The number of amides is 1. The van der Waals surface area contributed by atoms with Gasteiger partial charge >= 0.3 is 0 Å². The average Bonchev–Trinajstić information content (AvgIpc) is 2.49. The van der Waals surface area contributed by atoms with Crippen LogP contribution in [0.15, 0.2) is 47.4 Å². The number of rotatable bonds is 3. The van der Waals surface area contributed by atoms with Gasteiger partial charge in [-0.2, -0.15) is 0 Å². The van der Waals surface area contributed by atoms with Gasteiger partial charge in [0.1, 0.15) is 16.9 Å². The van der Waals surface area contributed by atoms with E-state index in [1.54, 1.807) is 23.9 Å².